The summed E-state index contributed by atoms with van der Waals surface area (Å²) in [7, 11) is 3.36. The Morgan fingerprint density at radius 3 is 1.41 bits per heavy atom. The molecule has 8 aromatic carbocycles. The predicted octanol–water partition coefficient (Wildman–Crippen LogP) is 11.5. The van der Waals surface area contributed by atoms with Crippen molar-refractivity contribution in [3.63, 3.8) is 0 Å². The van der Waals surface area contributed by atoms with Crippen LogP contribution in [-0.2, 0) is 13.1 Å². The Morgan fingerprint density at radius 1 is 0.518 bits per heavy atom. The minimum Gasteiger partial charge on any atom is -0.507 e. The lowest BCUT2D eigenvalue weighted by molar-refractivity contribution is 0.414. The van der Waals surface area contributed by atoms with Crippen molar-refractivity contribution in [2.75, 3.05) is 20.8 Å². The van der Waals surface area contributed by atoms with Gasteiger partial charge in [-0.25, -0.2) is 0 Å². The number of benzene rings is 8. The summed E-state index contributed by atoms with van der Waals surface area (Å²) in [6.45, 7) is 3.85. The molecule has 8 rings (SSSR count). The highest BCUT2D eigenvalue weighted by Gasteiger charge is 2.23. The van der Waals surface area contributed by atoms with Crippen LogP contribution in [0.25, 0.3) is 65.3 Å². The van der Waals surface area contributed by atoms with E-state index < -0.39 is 0 Å². The number of rotatable bonds is 14. The number of hydrogen-bond acceptors (Lipinski definition) is 6. The number of ether oxygens (including phenoxy) is 2. The van der Waals surface area contributed by atoms with Crippen LogP contribution in [0.3, 0.4) is 0 Å². The smallest absolute Gasteiger partial charge is 0.128 e. The van der Waals surface area contributed by atoms with Crippen LogP contribution in [0.5, 0.6) is 23.0 Å². The van der Waals surface area contributed by atoms with Crippen LogP contribution < -0.4 is 20.1 Å². The quantitative estimate of drug-likeness (QED) is 0.0889. The van der Waals surface area contributed by atoms with Crippen LogP contribution in [0.1, 0.15) is 37.3 Å². The molecule has 0 fully saturated rings. The number of hydrogen-bond donors (Lipinski definition) is 4. The van der Waals surface area contributed by atoms with Crippen LogP contribution in [0.2, 0.25) is 0 Å². The van der Waals surface area contributed by atoms with Gasteiger partial charge in [-0.05, 0) is 73.8 Å². The van der Waals surface area contributed by atoms with Gasteiger partial charge in [-0.1, -0.05) is 129 Å². The number of aromatic hydroxyl groups is 2. The molecule has 0 aromatic heterocycles. The Bertz CT molecular complexity index is 2690. The minimum absolute atomic E-state index is 0.122. The van der Waals surface area contributed by atoms with Crippen LogP contribution in [0.15, 0.2) is 133 Å². The van der Waals surface area contributed by atoms with Crippen molar-refractivity contribution >= 4 is 43.1 Å². The van der Waals surface area contributed by atoms with Crippen molar-refractivity contribution < 1.29 is 19.7 Å². The molecule has 6 heteroatoms. The first kappa shape index (κ1) is 36.9. The standard InChI is InChI=1S/C50H48N2O4/c1-4-5-18-38(52-30-37-28-35-17-9-13-22-42(35)48(50(37)54)46-40-20-11-7-15-33(40)24-26-44(46)56-3)31-51-29-36-27-34-16-8-12-21-41(34)47(49(36)53)45-39-19-10-6-14-32(39)23-25-43(45)55-2/h6-17,19-28,38,51-54H,4-5,18,29-31H2,1-3H3. The first-order chi connectivity index (χ1) is 27.5. The summed E-state index contributed by atoms with van der Waals surface area (Å²) in [5.41, 5.74) is 4.99. The van der Waals surface area contributed by atoms with Gasteiger partial charge in [0, 0.05) is 59.1 Å². The lowest BCUT2D eigenvalue weighted by atomic mass is 9.90. The summed E-state index contributed by atoms with van der Waals surface area (Å²) >= 11 is 0. The van der Waals surface area contributed by atoms with Crippen molar-refractivity contribution in [3.05, 3.63) is 145 Å². The third kappa shape index (κ3) is 6.98. The molecule has 0 radical (unpaired) electrons. The molecule has 0 amide bonds. The molecule has 0 bridgehead atoms. The van der Waals surface area contributed by atoms with Gasteiger partial charge in [0.1, 0.15) is 23.0 Å². The third-order valence-electron chi connectivity index (χ3n) is 11.1. The van der Waals surface area contributed by atoms with E-state index >= 15 is 0 Å². The molecule has 0 heterocycles. The fraction of sp³-hybridized carbons (Fsp3) is 0.200. The van der Waals surface area contributed by atoms with Crippen molar-refractivity contribution in [1.82, 2.24) is 10.6 Å². The monoisotopic (exact) mass is 740 g/mol. The van der Waals surface area contributed by atoms with E-state index in [1.165, 1.54) is 0 Å². The predicted molar refractivity (Wildman–Crippen MR) is 232 cm³/mol. The zero-order valence-electron chi connectivity index (χ0n) is 32.2. The lowest BCUT2D eigenvalue weighted by Crippen LogP contribution is -2.38. The molecular weight excluding hydrogens is 693 g/mol. The second kappa shape index (κ2) is 16.3. The Labute approximate surface area is 328 Å². The molecule has 56 heavy (non-hydrogen) atoms. The molecule has 0 aliphatic carbocycles. The molecule has 0 aliphatic rings. The normalized spacial score (nSPS) is 12.1. The molecular formula is C50H48N2O4. The molecule has 0 spiro atoms. The van der Waals surface area contributed by atoms with Gasteiger partial charge < -0.3 is 30.3 Å². The first-order valence-corrected chi connectivity index (χ1v) is 19.5. The van der Waals surface area contributed by atoms with Crippen molar-refractivity contribution in [3.8, 4) is 45.3 Å². The van der Waals surface area contributed by atoms with Gasteiger partial charge in [0.15, 0.2) is 0 Å². The largest absolute Gasteiger partial charge is 0.507 e. The van der Waals surface area contributed by atoms with E-state index in [1.807, 2.05) is 60.7 Å². The second-order valence-corrected chi connectivity index (χ2v) is 14.5. The van der Waals surface area contributed by atoms with Crippen molar-refractivity contribution in [1.29, 1.82) is 0 Å². The molecule has 282 valence electrons. The SMILES string of the molecule is CCCCC(CNCc1cc2ccccc2c(-c2c(OC)ccc3ccccc23)c1O)NCc1cc2ccccc2c(-c2c(OC)ccc3ccccc23)c1O. The third-order valence-corrected chi connectivity index (χ3v) is 11.1. The van der Waals surface area contributed by atoms with E-state index in [2.05, 4.69) is 90.4 Å². The number of phenols is 2. The first-order valence-electron chi connectivity index (χ1n) is 19.5. The molecule has 1 unspecified atom stereocenters. The van der Waals surface area contributed by atoms with Gasteiger partial charge in [-0.15, -0.1) is 0 Å². The summed E-state index contributed by atoms with van der Waals surface area (Å²) in [6, 6.07) is 45.3. The number of fused-ring (bicyclic) bond motifs is 4. The van der Waals surface area contributed by atoms with Crippen molar-refractivity contribution in [2.45, 2.75) is 45.3 Å². The Morgan fingerprint density at radius 2 is 0.946 bits per heavy atom. The van der Waals surface area contributed by atoms with E-state index in [1.54, 1.807) is 14.2 Å². The molecule has 0 saturated carbocycles. The Hall–Kier alpha value is -6.08. The maximum atomic E-state index is 12.1. The number of unbranched alkanes of at least 4 members (excludes halogenated alkanes) is 1. The van der Waals surface area contributed by atoms with E-state index in [4.69, 9.17) is 9.47 Å². The fourth-order valence-corrected chi connectivity index (χ4v) is 8.29. The van der Waals surface area contributed by atoms with Crippen LogP contribution >= 0.6 is 0 Å². The molecule has 0 aliphatic heterocycles. The van der Waals surface area contributed by atoms with Gasteiger partial charge in [0.25, 0.3) is 0 Å². The molecule has 0 saturated heterocycles. The summed E-state index contributed by atoms with van der Waals surface area (Å²) in [4.78, 5) is 0. The highest BCUT2D eigenvalue weighted by molar-refractivity contribution is 6.11. The zero-order chi connectivity index (χ0) is 38.6. The maximum Gasteiger partial charge on any atom is 0.128 e. The molecule has 8 aromatic rings. The van der Waals surface area contributed by atoms with Crippen LogP contribution in [0.4, 0.5) is 0 Å². The van der Waals surface area contributed by atoms with Gasteiger partial charge in [0.05, 0.1) is 14.2 Å². The van der Waals surface area contributed by atoms with Gasteiger partial charge >= 0.3 is 0 Å². The summed E-state index contributed by atoms with van der Waals surface area (Å²) < 4.78 is 11.8. The van der Waals surface area contributed by atoms with Crippen molar-refractivity contribution in [2.24, 2.45) is 0 Å². The summed E-state index contributed by atoms with van der Waals surface area (Å²) in [5.74, 6) is 1.95. The summed E-state index contributed by atoms with van der Waals surface area (Å²) in [6.07, 6.45) is 3.10. The number of phenolic OH excluding ortho intramolecular Hbond substituents is 2. The van der Waals surface area contributed by atoms with E-state index in [0.29, 0.717) is 19.6 Å². The number of nitrogens with one attached hydrogen (secondary N) is 2. The van der Waals surface area contributed by atoms with Gasteiger partial charge in [-0.3, -0.25) is 0 Å². The maximum absolute atomic E-state index is 12.1. The summed E-state index contributed by atoms with van der Waals surface area (Å²) in [5, 5.41) is 40.0. The lowest BCUT2D eigenvalue weighted by Gasteiger charge is -2.22. The molecule has 1 atom stereocenters. The van der Waals surface area contributed by atoms with Crippen LogP contribution in [0, 0.1) is 0 Å². The van der Waals surface area contributed by atoms with Gasteiger partial charge in [0.2, 0.25) is 0 Å². The average Bonchev–Trinajstić information content (AvgIpc) is 3.24. The fourth-order valence-electron chi connectivity index (χ4n) is 8.29. The van der Waals surface area contributed by atoms with E-state index in [-0.39, 0.29) is 17.5 Å². The topological polar surface area (TPSA) is 83.0 Å². The van der Waals surface area contributed by atoms with Gasteiger partial charge in [-0.2, -0.15) is 0 Å². The molecule has 4 N–H and O–H groups in total. The Kier molecular flexibility index (Phi) is 10.8. The zero-order valence-corrected chi connectivity index (χ0v) is 32.2. The second-order valence-electron chi connectivity index (χ2n) is 14.5. The number of methoxy groups -OCH3 is 2. The average molecular weight is 741 g/mol. The highest BCUT2D eigenvalue weighted by Crippen LogP contribution is 2.48. The highest BCUT2D eigenvalue weighted by atomic mass is 16.5. The van der Waals surface area contributed by atoms with E-state index in [9.17, 15) is 10.2 Å². The van der Waals surface area contributed by atoms with Crippen LogP contribution in [-0.4, -0.2) is 37.0 Å². The minimum atomic E-state index is 0.122. The molecule has 6 nitrogen and oxygen atoms in total. The Balaban J connectivity index is 1.10. The van der Waals surface area contributed by atoms with E-state index in [0.717, 1.165) is 107 Å².